The molecule has 0 radical (unpaired) electrons. The maximum atomic E-state index is 14.1. The van der Waals surface area contributed by atoms with Crippen molar-refractivity contribution in [3.05, 3.63) is 41.1 Å². The molecule has 3 aromatic rings. The van der Waals surface area contributed by atoms with Crippen LogP contribution in [0.5, 0.6) is 0 Å². The summed E-state index contributed by atoms with van der Waals surface area (Å²) in [6.07, 6.45) is 0. The van der Waals surface area contributed by atoms with Gasteiger partial charge in [0.1, 0.15) is 17.2 Å². The number of fused-ring (bicyclic) bond motifs is 1. The number of hydrogen-bond donors (Lipinski definition) is 0. The summed E-state index contributed by atoms with van der Waals surface area (Å²) in [7, 11) is 1.64. The lowest BCUT2D eigenvalue weighted by molar-refractivity contribution is 0.490. The summed E-state index contributed by atoms with van der Waals surface area (Å²) >= 11 is 5.82. The Bertz CT molecular complexity index is 853. The first-order valence-electron chi connectivity index (χ1n) is 6.05. The van der Waals surface area contributed by atoms with Crippen LogP contribution in [-0.2, 0) is 12.9 Å². The van der Waals surface area contributed by atoms with Crippen LogP contribution in [0.3, 0.4) is 0 Å². The predicted molar refractivity (Wildman–Crippen MR) is 72.0 cm³/mol. The first-order chi connectivity index (χ1) is 9.93. The molecule has 0 fully saturated rings. The highest BCUT2D eigenvalue weighted by Crippen LogP contribution is 2.27. The van der Waals surface area contributed by atoms with Gasteiger partial charge >= 0.3 is 0 Å². The highest BCUT2D eigenvalue weighted by Gasteiger charge is 2.22. The van der Waals surface area contributed by atoms with Crippen LogP contribution >= 0.6 is 11.6 Å². The molecule has 8 heteroatoms. The molecule has 0 atom stereocenters. The summed E-state index contributed by atoms with van der Waals surface area (Å²) < 4.78 is 43.7. The molecule has 0 saturated carbocycles. The molecular weight excluding hydrogens is 305 g/mol. The molecule has 0 bridgehead atoms. The van der Waals surface area contributed by atoms with Crippen molar-refractivity contribution in [2.45, 2.75) is 12.8 Å². The topological polar surface area (TPSA) is 35.6 Å². The van der Waals surface area contributed by atoms with E-state index in [0.717, 1.165) is 6.07 Å². The summed E-state index contributed by atoms with van der Waals surface area (Å²) in [5, 5.41) is 4.17. The number of imidazole rings is 1. The van der Waals surface area contributed by atoms with Crippen molar-refractivity contribution in [2.24, 2.45) is 7.05 Å². The molecule has 21 heavy (non-hydrogen) atoms. The Labute approximate surface area is 122 Å². The Morgan fingerprint density at radius 1 is 1.24 bits per heavy atom. The first-order valence-corrected chi connectivity index (χ1v) is 6.59. The summed E-state index contributed by atoms with van der Waals surface area (Å²) in [4.78, 5) is 4.26. The van der Waals surface area contributed by atoms with E-state index < -0.39 is 17.5 Å². The molecule has 3 rings (SSSR count). The fourth-order valence-corrected chi connectivity index (χ4v) is 2.54. The highest BCUT2D eigenvalue weighted by molar-refractivity contribution is 6.17. The van der Waals surface area contributed by atoms with Crippen molar-refractivity contribution in [1.29, 1.82) is 0 Å². The smallest absolute Gasteiger partial charge is 0.183 e. The standard InChI is InChI=1S/C13H10ClF3N4/c1-6-12-13(20(2)19-6)21(10(5-14)18-12)9-4-7(15)3-8(16)11(9)17/h3-4H,5H2,1-2H3. The van der Waals surface area contributed by atoms with E-state index in [1.165, 1.54) is 9.25 Å². The van der Waals surface area contributed by atoms with Gasteiger partial charge in [-0.05, 0) is 6.92 Å². The monoisotopic (exact) mass is 314 g/mol. The molecule has 2 heterocycles. The normalized spacial score (nSPS) is 11.5. The summed E-state index contributed by atoms with van der Waals surface area (Å²) in [5.74, 6) is -3.07. The summed E-state index contributed by atoms with van der Waals surface area (Å²) in [6, 6.07) is 1.39. The quantitative estimate of drug-likeness (QED) is 0.538. The zero-order chi connectivity index (χ0) is 15.3. The number of benzene rings is 1. The van der Waals surface area contributed by atoms with E-state index in [0.29, 0.717) is 22.9 Å². The third-order valence-corrected chi connectivity index (χ3v) is 3.45. The average molecular weight is 315 g/mol. The van der Waals surface area contributed by atoms with E-state index in [1.807, 2.05) is 0 Å². The van der Waals surface area contributed by atoms with Gasteiger partial charge in [-0.2, -0.15) is 5.10 Å². The minimum atomic E-state index is -1.27. The third kappa shape index (κ3) is 1.99. The highest BCUT2D eigenvalue weighted by atomic mass is 35.5. The van der Waals surface area contributed by atoms with E-state index in [-0.39, 0.29) is 17.4 Å². The van der Waals surface area contributed by atoms with Crippen molar-refractivity contribution in [3.63, 3.8) is 0 Å². The van der Waals surface area contributed by atoms with E-state index in [4.69, 9.17) is 11.6 Å². The number of nitrogens with zero attached hydrogens (tertiary/aromatic N) is 4. The first kappa shape index (κ1) is 13.9. The fraction of sp³-hybridized carbons (Fsp3) is 0.231. The number of aromatic nitrogens is 4. The van der Waals surface area contributed by atoms with Crippen molar-refractivity contribution in [3.8, 4) is 5.69 Å². The number of aryl methyl sites for hydroxylation is 2. The van der Waals surface area contributed by atoms with Crippen LogP contribution in [0, 0.1) is 24.4 Å². The number of alkyl halides is 1. The van der Waals surface area contributed by atoms with E-state index >= 15 is 0 Å². The maximum Gasteiger partial charge on any atom is 0.183 e. The number of halogens is 4. The summed E-state index contributed by atoms with van der Waals surface area (Å²) in [5.41, 5.74) is 1.27. The lowest BCUT2D eigenvalue weighted by Crippen LogP contribution is -2.08. The molecule has 0 saturated heterocycles. The average Bonchev–Trinajstić information content (AvgIpc) is 2.93. The zero-order valence-electron chi connectivity index (χ0n) is 11.2. The Kier molecular flexibility index (Phi) is 3.16. The van der Waals surface area contributed by atoms with Gasteiger partial charge < -0.3 is 0 Å². The molecule has 1 aromatic carbocycles. The molecule has 2 aromatic heterocycles. The largest absolute Gasteiger partial charge is 0.277 e. The van der Waals surface area contributed by atoms with Gasteiger partial charge in [0.25, 0.3) is 0 Å². The second kappa shape index (κ2) is 4.77. The zero-order valence-corrected chi connectivity index (χ0v) is 11.9. The molecule has 110 valence electrons. The van der Waals surface area contributed by atoms with Crippen LogP contribution in [-0.4, -0.2) is 19.3 Å². The van der Waals surface area contributed by atoms with Crippen molar-refractivity contribution in [1.82, 2.24) is 19.3 Å². The van der Waals surface area contributed by atoms with Crippen LogP contribution in [0.4, 0.5) is 13.2 Å². The Hall–Kier alpha value is -2.02. The lowest BCUT2D eigenvalue weighted by Gasteiger charge is -2.10. The van der Waals surface area contributed by atoms with Gasteiger partial charge in [0.05, 0.1) is 17.3 Å². The molecule has 0 unspecified atom stereocenters. The van der Waals surface area contributed by atoms with Crippen molar-refractivity contribution < 1.29 is 13.2 Å². The van der Waals surface area contributed by atoms with Gasteiger partial charge in [-0.3, -0.25) is 4.57 Å². The maximum absolute atomic E-state index is 14.1. The Morgan fingerprint density at radius 3 is 2.62 bits per heavy atom. The fourth-order valence-electron chi connectivity index (χ4n) is 2.37. The third-order valence-electron chi connectivity index (χ3n) is 3.21. The molecule has 0 aliphatic heterocycles. The van der Waals surface area contributed by atoms with Crippen molar-refractivity contribution in [2.75, 3.05) is 0 Å². The van der Waals surface area contributed by atoms with Crippen LogP contribution in [0.15, 0.2) is 12.1 Å². The SMILES string of the molecule is Cc1nn(C)c2c1nc(CCl)n2-c1cc(F)cc(F)c1F. The molecule has 0 amide bonds. The van der Waals surface area contributed by atoms with Gasteiger partial charge in [-0.15, -0.1) is 11.6 Å². The molecule has 0 aliphatic carbocycles. The van der Waals surface area contributed by atoms with Gasteiger partial charge in [0.2, 0.25) is 0 Å². The Morgan fingerprint density at radius 2 is 1.95 bits per heavy atom. The van der Waals surface area contributed by atoms with Gasteiger partial charge in [0, 0.05) is 19.2 Å². The van der Waals surface area contributed by atoms with Crippen LogP contribution in [0.1, 0.15) is 11.5 Å². The lowest BCUT2D eigenvalue weighted by atomic mass is 10.2. The van der Waals surface area contributed by atoms with Crippen LogP contribution in [0.25, 0.3) is 16.9 Å². The number of hydrogen-bond acceptors (Lipinski definition) is 2. The second-order valence-corrected chi connectivity index (χ2v) is 4.87. The second-order valence-electron chi connectivity index (χ2n) is 4.60. The predicted octanol–water partition coefficient (Wildman–Crippen LogP) is 3.22. The summed E-state index contributed by atoms with van der Waals surface area (Å²) in [6.45, 7) is 1.74. The van der Waals surface area contributed by atoms with E-state index in [2.05, 4.69) is 10.1 Å². The van der Waals surface area contributed by atoms with E-state index in [9.17, 15) is 13.2 Å². The molecular formula is C13H10ClF3N4. The molecule has 4 nitrogen and oxygen atoms in total. The van der Waals surface area contributed by atoms with Gasteiger partial charge in [-0.25, -0.2) is 22.8 Å². The van der Waals surface area contributed by atoms with Gasteiger partial charge in [-0.1, -0.05) is 0 Å². The number of rotatable bonds is 2. The molecule has 0 spiro atoms. The minimum absolute atomic E-state index is 0.0360. The molecule has 0 aliphatic rings. The minimum Gasteiger partial charge on any atom is -0.277 e. The molecule has 0 N–H and O–H groups in total. The van der Waals surface area contributed by atoms with E-state index in [1.54, 1.807) is 14.0 Å². The van der Waals surface area contributed by atoms with Crippen LogP contribution in [0.2, 0.25) is 0 Å². The van der Waals surface area contributed by atoms with Crippen molar-refractivity contribution >= 4 is 22.8 Å². The van der Waals surface area contributed by atoms with Gasteiger partial charge in [0.15, 0.2) is 17.3 Å². The Balaban J connectivity index is 2.44. The van der Waals surface area contributed by atoms with Crippen LogP contribution < -0.4 is 0 Å².